The second-order valence-corrected chi connectivity index (χ2v) is 8.77. The number of nitro groups is 1. The van der Waals surface area contributed by atoms with E-state index in [1.165, 1.54) is 23.9 Å². The van der Waals surface area contributed by atoms with Gasteiger partial charge >= 0.3 is 0 Å². The van der Waals surface area contributed by atoms with Crippen LogP contribution in [0.2, 0.25) is 0 Å². The topological polar surface area (TPSA) is 85.0 Å². The summed E-state index contributed by atoms with van der Waals surface area (Å²) in [5, 5.41) is 11.5. The minimum atomic E-state index is -0.424. The maximum absolute atomic E-state index is 12.3. The van der Waals surface area contributed by atoms with Gasteiger partial charge in [0.2, 0.25) is 0 Å². The summed E-state index contributed by atoms with van der Waals surface area (Å²) in [5.41, 5.74) is 1.81. The lowest BCUT2D eigenvalue weighted by Gasteiger charge is -2.30. The van der Waals surface area contributed by atoms with Crippen LogP contribution in [0.1, 0.15) is 30.9 Å². The third kappa shape index (κ3) is 5.32. The van der Waals surface area contributed by atoms with E-state index < -0.39 is 4.92 Å². The number of aliphatic imine (C=N–C) groups is 1. The number of ether oxygens (including phenoxy) is 1. The molecule has 0 aromatic heterocycles. The molecule has 2 aliphatic rings. The first-order chi connectivity index (χ1) is 15.0. The lowest BCUT2D eigenvalue weighted by molar-refractivity contribution is -0.384. The predicted molar refractivity (Wildman–Crippen MR) is 122 cm³/mol. The molecular weight excluding hydrogens is 414 g/mol. The van der Waals surface area contributed by atoms with Gasteiger partial charge in [-0.15, -0.1) is 0 Å². The minimum absolute atomic E-state index is 0.0578. The Hall–Kier alpha value is -3.13. The average molecular weight is 438 g/mol. The number of nitrogens with zero attached hydrogens (tertiary/aromatic N) is 3. The first kappa shape index (κ1) is 21.1. The minimum Gasteiger partial charge on any atom is -0.489 e. The molecule has 2 heterocycles. The normalized spacial score (nSPS) is 18.4. The number of piperidine rings is 1. The number of amides is 1. The lowest BCUT2D eigenvalue weighted by Crippen LogP contribution is -2.35. The zero-order valence-electron chi connectivity index (χ0n) is 17.2. The summed E-state index contributed by atoms with van der Waals surface area (Å²) in [7, 11) is 0. The van der Waals surface area contributed by atoms with Gasteiger partial charge < -0.3 is 9.64 Å². The van der Waals surface area contributed by atoms with E-state index in [9.17, 15) is 14.9 Å². The average Bonchev–Trinajstić information content (AvgIpc) is 3.14. The van der Waals surface area contributed by atoms with Gasteiger partial charge in [0, 0.05) is 25.2 Å². The van der Waals surface area contributed by atoms with Gasteiger partial charge in [-0.25, -0.2) is 0 Å². The number of amidine groups is 1. The van der Waals surface area contributed by atoms with Gasteiger partial charge in [0.25, 0.3) is 11.6 Å². The fourth-order valence-electron chi connectivity index (χ4n) is 3.43. The van der Waals surface area contributed by atoms with Crippen LogP contribution in [0.3, 0.4) is 0 Å². The quantitative estimate of drug-likeness (QED) is 0.377. The van der Waals surface area contributed by atoms with Gasteiger partial charge in [-0.05, 0) is 72.0 Å². The Morgan fingerprint density at radius 3 is 2.48 bits per heavy atom. The van der Waals surface area contributed by atoms with Crippen molar-refractivity contribution in [2.75, 3.05) is 13.1 Å². The highest BCUT2D eigenvalue weighted by Crippen LogP contribution is 2.32. The summed E-state index contributed by atoms with van der Waals surface area (Å²) in [6.07, 6.45) is 4.12. The van der Waals surface area contributed by atoms with Gasteiger partial charge in [-0.3, -0.25) is 14.9 Å². The molecule has 1 fully saturated rings. The molecule has 8 heteroatoms. The Kier molecular flexibility index (Phi) is 6.36. The van der Waals surface area contributed by atoms with Crippen molar-refractivity contribution in [3.63, 3.8) is 0 Å². The number of thioether (sulfide) groups is 1. The van der Waals surface area contributed by atoms with E-state index in [1.54, 1.807) is 12.1 Å². The first-order valence-corrected chi connectivity index (χ1v) is 11.0. The zero-order chi connectivity index (χ0) is 21.8. The van der Waals surface area contributed by atoms with Crippen LogP contribution in [0.4, 0.5) is 5.69 Å². The summed E-state index contributed by atoms with van der Waals surface area (Å²) in [4.78, 5) is 29.7. The standard InChI is InChI=1S/C23H23N3O4S/c1-16-10-12-25(13-11-16)23-24-22(27)21(31-23)14-17-4-8-20(9-5-17)30-15-18-2-6-19(7-3-18)26(28)29/h2-9,14,16H,10-13,15H2,1H3/b21-14-. The molecule has 2 aromatic carbocycles. The van der Waals surface area contributed by atoms with Crippen molar-refractivity contribution >= 4 is 34.6 Å². The van der Waals surface area contributed by atoms with Crippen molar-refractivity contribution in [2.45, 2.75) is 26.4 Å². The van der Waals surface area contributed by atoms with Gasteiger partial charge in [0.15, 0.2) is 5.17 Å². The zero-order valence-corrected chi connectivity index (χ0v) is 18.0. The van der Waals surface area contributed by atoms with E-state index in [0.717, 1.165) is 48.1 Å². The highest BCUT2D eigenvalue weighted by molar-refractivity contribution is 8.18. The SMILES string of the molecule is CC1CCN(C2=NC(=O)/C(=C/c3ccc(OCc4ccc([N+](=O)[O-])cc4)cc3)S2)CC1. The van der Waals surface area contributed by atoms with Gasteiger partial charge in [0.05, 0.1) is 9.83 Å². The van der Waals surface area contributed by atoms with Crippen molar-refractivity contribution in [3.05, 3.63) is 74.7 Å². The molecule has 0 saturated carbocycles. The van der Waals surface area contributed by atoms with Crippen molar-refractivity contribution in [1.82, 2.24) is 4.90 Å². The molecule has 2 aromatic rings. The van der Waals surface area contributed by atoms with Gasteiger partial charge in [0.1, 0.15) is 12.4 Å². The molecule has 0 spiro atoms. The number of carbonyl (C=O) groups is 1. The first-order valence-electron chi connectivity index (χ1n) is 10.2. The Morgan fingerprint density at radius 2 is 1.84 bits per heavy atom. The molecule has 1 saturated heterocycles. The Labute approximate surface area is 185 Å². The molecule has 0 bridgehead atoms. The van der Waals surface area contributed by atoms with E-state index in [1.807, 2.05) is 30.3 Å². The molecule has 0 radical (unpaired) electrons. The summed E-state index contributed by atoms with van der Waals surface area (Å²) in [6.45, 7) is 4.48. The van der Waals surface area contributed by atoms with E-state index in [0.29, 0.717) is 17.3 Å². The van der Waals surface area contributed by atoms with Crippen molar-refractivity contribution < 1.29 is 14.5 Å². The molecule has 0 atom stereocenters. The van der Waals surface area contributed by atoms with E-state index >= 15 is 0 Å². The molecule has 0 unspecified atom stereocenters. The third-order valence-electron chi connectivity index (χ3n) is 5.39. The lowest BCUT2D eigenvalue weighted by atomic mass is 10.00. The molecule has 0 aliphatic carbocycles. The Bertz CT molecular complexity index is 1020. The molecular formula is C23H23N3O4S. The molecule has 4 rings (SSSR count). The molecule has 2 aliphatic heterocycles. The second-order valence-electron chi connectivity index (χ2n) is 7.76. The number of hydrogen-bond acceptors (Lipinski definition) is 6. The smallest absolute Gasteiger partial charge is 0.286 e. The van der Waals surface area contributed by atoms with E-state index in [2.05, 4.69) is 16.8 Å². The van der Waals surface area contributed by atoms with Crippen LogP contribution in [0.5, 0.6) is 5.75 Å². The fraction of sp³-hybridized carbons (Fsp3) is 0.304. The number of benzene rings is 2. The number of rotatable bonds is 5. The van der Waals surface area contributed by atoms with Gasteiger partial charge in [-0.2, -0.15) is 4.99 Å². The number of hydrogen-bond donors (Lipinski definition) is 0. The van der Waals surface area contributed by atoms with Crippen molar-refractivity contribution in [2.24, 2.45) is 10.9 Å². The van der Waals surface area contributed by atoms with Crippen LogP contribution in [0.15, 0.2) is 58.4 Å². The number of nitro benzene ring substituents is 1. The molecule has 0 N–H and O–H groups in total. The Morgan fingerprint density at radius 1 is 1.16 bits per heavy atom. The van der Waals surface area contributed by atoms with E-state index in [4.69, 9.17) is 4.74 Å². The summed E-state index contributed by atoms with van der Waals surface area (Å²) < 4.78 is 5.75. The largest absolute Gasteiger partial charge is 0.489 e. The summed E-state index contributed by atoms with van der Waals surface area (Å²) in [6, 6.07) is 13.8. The van der Waals surface area contributed by atoms with E-state index in [-0.39, 0.29) is 11.6 Å². The molecule has 1 amide bonds. The molecule has 160 valence electrons. The fourth-order valence-corrected chi connectivity index (χ4v) is 4.39. The third-order valence-corrected chi connectivity index (χ3v) is 6.44. The van der Waals surface area contributed by atoms with Crippen LogP contribution in [-0.4, -0.2) is 34.0 Å². The molecule has 31 heavy (non-hydrogen) atoms. The van der Waals surface area contributed by atoms with Crippen molar-refractivity contribution in [3.8, 4) is 5.75 Å². The monoisotopic (exact) mass is 437 g/mol. The second kappa shape index (κ2) is 9.34. The van der Waals surface area contributed by atoms with Crippen LogP contribution in [-0.2, 0) is 11.4 Å². The van der Waals surface area contributed by atoms with Gasteiger partial charge in [-0.1, -0.05) is 19.1 Å². The van der Waals surface area contributed by atoms with Crippen LogP contribution in [0.25, 0.3) is 6.08 Å². The Balaban J connectivity index is 1.33. The highest BCUT2D eigenvalue weighted by atomic mass is 32.2. The highest BCUT2D eigenvalue weighted by Gasteiger charge is 2.28. The molecule has 7 nitrogen and oxygen atoms in total. The number of non-ortho nitro benzene ring substituents is 1. The summed E-state index contributed by atoms with van der Waals surface area (Å²) >= 11 is 1.44. The van der Waals surface area contributed by atoms with Crippen molar-refractivity contribution in [1.29, 1.82) is 0 Å². The van der Waals surface area contributed by atoms with Crippen LogP contribution >= 0.6 is 11.8 Å². The predicted octanol–water partition coefficient (Wildman–Crippen LogP) is 4.88. The number of likely N-dealkylation sites (tertiary alicyclic amines) is 1. The van der Waals surface area contributed by atoms with Crippen LogP contribution in [0, 0.1) is 16.0 Å². The van der Waals surface area contributed by atoms with Crippen LogP contribution < -0.4 is 4.74 Å². The maximum Gasteiger partial charge on any atom is 0.286 e. The maximum atomic E-state index is 12.3. The number of carbonyl (C=O) groups excluding carboxylic acids is 1. The summed E-state index contributed by atoms with van der Waals surface area (Å²) in [5.74, 6) is 1.23.